The van der Waals surface area contributed by atoms with Crippen LogP contribution < -0.4 is 10.1 Å². The van der Waals surface area contributed by atoms with Gasteiger partial charge in [-0.2, -0.15) is 13.2 Å². The van der Waals surface area contributed by atoms with E-state index in [0.29, 0.717) is 27.8 Å². The van der Waals surface area contributed by atoms with Crippen LogP contribution in [0.3, 0.4) is 0 Å². The number of anilines is 1. The normalized spacial score (nSPS) is 12.0. The van der Waals surface area contributed by atoms with Gasteiger partial charge in [-0.25, -0.2) is 5.10 Å². The van der Waals surface area contributed by atoms with Crippen LogP contribution in [0.2, 0.25) is 5.02 Å². The predicted molar refractivity (Wildman–Crippen MR) is 109 cm³/mol. The Labute approximate surface area is 179 Å². The summed E-state index contributed by atoms with van der Waals surface area (Å²) in [6, 6.07) is 9.17. The van der Waals surface area contributed by atoms with E-state index in [1.165, 1.54) is 12.1 Å². The molecular weight excluding hydrogens is 435 g/mol. The highest BCUT2D eigenvalue weighted by atomic mass is 35.5. The van der Waals surface area contributed by atoms with Crippen molar-refractivity contribution in [2.24, 2.45) is 0 Å². The number of hydrogen-bond donors (Lipinski definition) is 2. The highest BCUT2D eigenvalue weighted by molar-refractivity contribution is 6.35. The highest BCUT2D eigenvalue weighted by Gasteiger charge is 2.35. The number of fused-ring (bicyclic) bond motifs is 1. The minimum Gasteiger partial charge on any atom is -0.490 e. The van der Waals surface area contributed by atoms with Crippen molar-refractivity contribution in [1.82, 2.24) is 20.6 Å². The van der Waals surface area contributed by atoms with Gasteiger partial charge in [0.2, 0.25) is 5.82 Å². The van der Waals surface area contributed by atoms with E-state index < -0.39 is 11.7 Å². The molecule has 0 fully saturated rings. The molecule has 7 nitrogen and oxygen atoms in total. The molecule has 162 valence electrons. The molecule has 4 aromatic rings. The lowest BCUT2D eigenvalue weighted by Crippen LogP contribution is -2.13. The molecule has 0 saturated carbocycles. The van der Waals surface area contributed by atoms with E-state index in [2.05, 4.69) is 25.9 Å². The highest BCUT2D eigenvalue weighted by Crippen LogP contribution is 2.39. The standard InChI is InChI=1S/C20H17ClF3N5O2/c1-10(2)30-15-6-5-13(8-14(15)20(22,23)24)25-9-12-4-3-11-7-16(19-26-28-29-27-19)31-18(11)17(12)21/h3-8,10,25H,9H2,1-2H3,(H,26,27,28,29). The van der Waals surface area contributed by atoms with Crippen LogP contribution in [0.5, 0.6) is 5.75 Å². The molecule has 2 aromatic carbocycles. The third-order valence-electron chi connectivity index (χ3n) is 4.42. The topological polar surface area (TPSA) is 88.9 Å². The number of alkyl halides is 3. The maximum atomic E-state index is 13.4. The SMILES string of the molecule is CC(C)Oc1ccc(NCc2ccc3cc(-c4nnn[nH]4)oc3c2Cl)cc1C(F)(F)F. The number of H-pyrrole nitrogens is 1. The molecule has 0 unspecified atom stereocenters. The van der Waals surface area contributed by atoms with Gasteiger partial charge in [0.15, 0.2) is 11.3 Å². The fourth-order valence-electron chi connectivity index (χ4n) is 3.04. The summed E-state index contributed by atoms with van der Waals surface area (Å²) in [6.45, 7) is 3.53. The number of halogens is 4. The van der Waals surface area contributed by atoms with Crippen molar-refractivity contribution < 1.29 is 22.3 Å². The molecule has 2 heterocycles. The number of furan rings is 1. The quantitative estimate of drug-likeness (QED) is 0.392. The maximum absolute atomic E-state index is 13.4. The summed E-state index contributed by atoms with van der Waals surface area (Å²) < 4.78 is 51.4. The zero-order valence-electron chi connectivity index (χ0n) is 16.4. The maximum Gasteiger partial charge on any atom is 0.420 e. The third-order valence-corrected chi connectivity index (χ3v) is 4.83. The largest absolute Gasteiger partial charge is 0.490 e. The first kappa shape index (κ1) is 21.0. The van der Waals surface area contributed by atoms with Crippen molar-refractivity contribution >= 4 is 28.3 Å². The molecule has 0 bridgehead atoms. The van der Waals surface area contributed by atoms with Crippen LogP contribution in [0.4, 0.5) is 18.9 Å². The van der Waals surface area contributed by atoms with Gasteiger partial charge in [-0.05, 0) is 54.1 Å². The second-order valence-electron chi connectivity index (χ2n) is 7.05. The average molecular weight is 452 g/mol. The molecular formula is C20H17ClF3N5O2. The molecule has 0 aliphatic rings. The number of rotatable bonds is 6. The minimum atomic E-state index is -4.54. The molecule has 2 aromatic heterocycles. The van der Waals surface area contributed by atoms with E-state index in [1.807, 2.05) is 0 Å². The third kappa shape index (κ3) is 4.43. The molecule has 0 spiro atoms. The Morgan fingerprint density at radius 3 is 2.68 bits per heavy atom. The molecule has 0 amide bonds. The summed E-state index contributed by atoms with van der Waals surface area (Å²) in [4.78, 5) is 0. The number of hydrogen-bond acceptors (Lipinski definition) is 6. The molecule has 2 N–H and O–H groups in total. The minimum absolute atomic E-state index is 0.191. The zero-order chi connectivity index (χ0) is 22.2. The van der Waals surface area contributed by atoms with Crippen molar-refractivity contribution in [3.63, 3.8) is 0 Å². The Kier molecular flexibility index (Phi) is 5.48. The first-order valence-electron chi connectivity index (χ1n) is 9.29. The lowest BCUT2D eigenvalue weighted by Gasteiger charge is -2.18. The molecule has 31 heavy (non-hydrogen) atoms. The second-order valence-corrected chi connectivity index (χ2v) is 7.42. The molecule has 0 aliphatic carbocycles. The summed E-state index contributed by atoms with van der Waals surface area (Å²) >= 11 is 6.47. The van der Waals surface area contributed by atoms with E-state index in [-0.39, 0.29) is 24.1 Å². The van der Waals surface area contributed by atoms with Crippen molar-refractivity contribution in [3.8, 4) is 17.3 Å². The summed E-state index contributed by atoms with van der Waals surface area (Å²) in [5.74, 6) is 0.565. The fourth-order valence-corrected chi connectivity index (χ4v) is 3.32. The predicted octanol–water partition coefficient (Wildman–Crippen LogP) is 5.68. The average Bonchev–Trinajstić information content (AvgIpc) is 3.37. The Morgan fingerprint density at radius 1 is 1.19 bits per heavy atom. The van der Waals surface area contributed by atoms with Gasteiger partial charge in [0, 0.05) is 17.6 Å². The first-order valence-corrected chi connectivity index (χ1v) is 9.67. The Bertz CT molecular complexity index is 1210. The Balaban J connectivity index is 1.58. The summed E-state index contributed by atoms with van der Waals surface area (Å²) in [6.07, 6.45) is -4.92. The van der Waals surface area contributed by atoms with E-state index in [1.54, 1.807) is 32.0 Å². The van der Waals surface area contributed by atoms with Gasteiger partial charge in [0.1, 0.15) is 5.75 Å². The van der Waals surface area contributed by atoms with Crippen molar-refractivity contribution in [3.05, 3.63) is 52.5 Å². The Hall–Kier alpha value is -3.27. The second kappa shape index (κ2) is 8.10. The van der Waals surface area contributed by atoms with Crippen LogP contribution in [-0.2, 0) is 12.7 Å². The summed E-state index contributed by atoms with van der Waals surface area (Å²) in [5, 5.41) is 17.5. The van der Waals surface area contributed by atoms with Crippen LogP contribution in [0.1, 0.15) is 25.0 Å². The first-order chi connectivity index (χ1) is 14.7. The number of benzene rings is 2. The van der Waals surface area contributed by atoms with E-state index in [9.17, 15) is 13.2 Å². The van der Waals surface area contributed by atoms with E-state index in [0.717, 1.165) is 11.5 Å². The van der Waals surface area contributed by atoms with Crippen LogP contribution >= 0.6 is 11.6 Å². The lowest BCUT2D eigenvalue weighted by molar-refractivity contribution is -0.139. The number of aromatic nitrogens is 4. The zero-order valence-corrected chi connectivity index (χ0v) is 17.2. The molecule has 0 aliphatic heterocycles. The monoisotopic (exact) mass is 451 g/mol. The van der Waals surface area contributed by atoms with Gasteiger partial charge in [-0.15, -0.1) is 5.10 Å². The number of ether oxygens (including phenoxy) is 1. The van der Waals surface area contributed by atoms with Gasteiger partial charge in [0.25, 0.3) is 0 Å². The van der Waals surface area contributed by atoms with E-state index in [4.69, 9.17) is 20.8 Å². The fraction of sp³-hybridized carbons (Fsp3) is 0.250. The molecule has 11 heteroatoms. The summed E-state index contributed by atoms with van der Waals surface area (Å²) in [7, 11) is 0. The van der Waals surface area contributed by atoms with Crippen LogP contribution in [0, 0.1) is 0 Å². The molecule has 0 atom stereocenters. The van der Waals surface area contributed by atoms with Crippen LogP contribution in [0.25, 0.3) is 22.6 Å². The van der Waals surface area contributed by atoms with Gasteiger partial charge in [-0.1, -0.05) is 23.7 Å². The van der Waals surface area contributed by atoms with Crippen LogP contribution in [-0.4, -0.2) is 26.7 Å². The molecule has 4 rings (SSSR count). The van der Waals surface area contributed by atoms with Crippen LogP contribution in [0.15, 0.2) is 40.8 Å². The van der Waals surface area contributed by atoms with Gasteiger partial charge in [-0.3, -0.25) is 0 Å². The van der Waals surface area contributed by atoms with Gasteiger partial charge in [0.05, 0.1) is 16.7 Å². The van der Waals surface area contributed by atoms with Gasteiger partial charge >= 0.3 is 6.18 Å². The molecule has 0 radical (unpaired) electrons. The van der Waals surface area contributed by atoms with Crippen molar-refractivity contribution in [2.45, 2.75) is 32.7 Å². The number of tetrazole rings is 1. The Morgan fingerprint density at radius 2 is 2.00 bits per heavy atom. The lowest BCUT2D eigenvalue weighted by atomic mass is 10.1. The van der Waals surface area contributed by atoms with Crippen molar-refractivity contribution in [2.75, 3.05) is 5.32 Å². The number of aromatic amines is 1. The van der Waals surface area contributed by atoms with Gasteiger partial charge < -0.3 is 14.5 Å². The number of nitrogens with one attached hydrogen (secondary N) is 2. The molecule has 0 saturated heterocycles. The number of nitrogens with zero attached hydrogens (tertiary/aromatic N) is 3. The smallest absolute Gasteiger partial charge is 0.420 e. The summed E-state index contributed by atoms with van der Waals surface area (Å²) in [5.41, 5.74) is 0.530. The van der Waals surface area contributed by atoms with E-state index >= 15 is 0 Å². The van der Waals surface area contributed by atoms with Crippen molar-refractivity contribution in [1.29, 1.82) is 0 Å².